The molecule has 2 atom stereocenters. The number of likely N-dealkylation sites (tertiary alicyclic amines) is 2. The van der Waals surface area contributed by atoms with Gasteiger partial charge in [-0.1, -0.05) is 19.3 Å². The smallest absolute Gasteiger partial charge is 0.173 e. The van der Waals surface area contributed by atoms with Gasteiger partial charge in [0.05, 0.1) is 0 Å². The summed E-state index contributed by atoms with van der Waals surface area (Å²) in [5, 5.41) is 0. The minimum Gasteiger partial charge on any atom is -0.299 e. The largest absolute Gasteiger partial charge is 0.299 e. The maximum absolute atomic E-state index is 2.50. The first-order valence-electron chi connectivity index (χ1n) is 13.6. The van der Waals surface area contributed by atoms with E-state index in [1.807, 2.05) is 0 Å². The van der Waals surface area contributed by atoms with Crippen LogP contribution in [0.15, 0.2) is 49.1 Å². The van der Waals surface area contributed by atoms with Crippen LogP contribution in [0.2, 0.25) is 0 Å². The second-order valence-corrected chi connectivity index (χ2v) is 10.5. The predicted octanol–water partition coefficient (Wildman–Crippen LogP) is 5.23. The van der Waals surface area contributed by atoms with Crippen LogP contribution in [0.25, 0.3) is 0 Å². The zero-order valence-electron chi connectivity index (χ0n) is 21.2. The highest BCUT2D eigenvalue weighted by Gasteiger charge is 2.25. The van der Waals surface area contributed by atoms with Gasteiger partial charge in [-0.2, -0.15) is 0 Å². The Morgan fingerprint density at radius 3 is 1.48 bits per heavy atom. The normalized spacial score (nSPS) is 21.8. The van der Waals surface area contributed by atoms with E-state index in [-0.39, 0.29) is 0 Å². The Morgan fingerprint density at radius 2 is 1.09 bits per heavy atom. The molecule has 4 heteroatoms. The molecule has 2 fully saturated rings. The molecule has 2 aromatic heterocycles. The summed E-state index contributed by atoms with van der Waals surface area (Å²) in [5.74, 6) is 0. The van der Waals surface area contributed by atoms with Gasteiger partial charge < -0.3 is 0 Å². The van der Waals surface area contributed by atoms with E-state index in [2.05, 4.69) is 82.1 Å². The lowest BCUT2D eigenvalue weighted by Crippen LogP contribution is -2.34. The Hall–Kier alpha value is -1.78. The number of hydrogen-bond acceptors (Lipinski definition) is 2. The van der Waals surface area contributed by atoms with Crippen LogP contribution in [0.5, 0.6) is 0 Å². The quantitative estimate of drug-likeness (QED) is 0.325. The van der Waals surface area contributed by atoms with Crippen LogP contribution in [-0.2, 0) is 13.1 Å². The third kappa shape index (κ3) is 7.10. The van der Waals surface area contributed by atoms with Crippen LogP contribution in [0.4, 0.5) is 0 Å². The average Bonchev–Trinajstić information content (AvgIpc) is 3.46. The first-order valence-corrected chi connectivity index (χ1v) is 13.6. The van der Waals surface area contributed by atoms with Crippen molar-refractivity contribution in [1.82, 2.24) is 9.80 Å². The number of nitrogens with zero attached hydrogens (tertiary/aromatic N) is 4. The number of rotatable bonds is 12. The Balaban J connectivity index is 1.06. The second-order valence-electron chi connectivity index (χ2n) is 10.5. The fraction of sp³-hybridized carbons (Fsp3) is 0.655. The minimum atomic E-state index is 0.627. The van der Waals surface area contributed by atoms with Gasteiger partial charge in [-0.3, -0.25) is 9.80 Å². The summed E-state index contributed by atoms with van der Waals surface area (Å²) in [4.78, 5) is 5.01. The van der Waals surface area contributed by atoms with Crippen LogP contribution in [0, 0.1) is 0 Å². The molecule has 2 aliphatic heterocycles. The molecule has 0 saturated carbocycles. The van der Waals surface area contributed by atoms with E-state index in [4.69, 9.17) is 0 Å². The summed E-state index contributed by atoms with van der Waals surface area (Å²) in [7, 11) is 4.53. The molecular weight excluding hydrogens is 404 g/mol. The minimum absolute atomic E-state index is 0.627. The van der Waals surface area contributed by atoms with Crippen molar-refractivity contribution in [2.75, 3.05) is 27.2 Å². The van der Waals surface area contributed by atoms with E-state index < -0.39 is 0 Å². The highest BCUT2D eigenvalue weighted by atomic mass is 15.2. The van der Waals surface area contributed by atoms with Crippen molar-refractivity contribution in [3.8, 4) is 0 Å². The average molecular weight is 451 g/mol. The number of aromatic nitrogens is 2. The van der Waals surface area contributed by atoms with E-state index >= 15 is 0 Å². The van der Waals surface area contributed by atoms with Gasteiger partial charge in [0, 0.05) is 48.2 Å². The van der Waals surface area contributed by atoms with Crippen LogP contribution in [0.1, 0.15) is 93.8 Å². The number of hydrogen-bond donors (Lipinski definition) is 0. The molecule has 0 radical (unpaired) electrons. The van der Waals surface area contributed by atoms with Crippen molar-refractivity contribution >= 4 is 0 Å². The SMILES string of the molecule is CN1CCC[C@H]1c1ccc[n+](CCCCCCCCC[n+]2cccc([C@@H]3CCCN3C)c2)c1. The van der Waals surface area contributed by atoms with Crippen LogP contribution in [-0.4, -0.2) is 37.0 Å². The molecule has 0 amide bonds. The summed E-state index contributed by atoms with van der Waals surface area (Å²) in [6.45, 7) is 4.80. The Kier molecular flexibility index (Phi) is 9.31. The monoisotopic (exact) mass is 450 g/mol. The highest BCUT2D eigenvalue weighted by molar-refractivity contribution is 5.13. The summed E-state index contributed by atoms with van der Waals surface area (Å²) in [5.41, 5.74) is 2.99. The maximum atomic E-state index is 2.50. The molecule has 2 aliphatic rings. The molecular formula is C29H46N4+2. The summed E-state index contributed by atoms with van der Waals surface area (Å²) >= 11 is 0. The lowest BCUT2D eigenvalue weighted by molar-refractivity contribution is -0.698. The van der Waals surface area contributed by atoms with Crippen molar-refractivity contribution in [2.24, 2.45) is 0 Å². The van der Waals surface area contributed by atoms with Crippen molar-refractivity contribution in [1.29, 1.82) is 0 Å². The van der Waals surface area contributed by atoms with Crippen LogP contribution in [0.3, 0.4) is 0 Å². The van der Waals surface area contributed by atoms with Gasteiger partial charge in [-0.25, -0.2) is 9.13 Å². The highest BCUT2D eigenvalue weighted by Crippen LogP contribution is 2.30. The summed E-state index contributed by atoms with van der Waals surface area (Å²) < 4.78 is 4.83. The van der Waals surface area contributed by atoms with Crippen LogP contribution >= 0.6 is 0 Å². The molecule has 2 aromatic rings. The van der Waals surface area contributed by atoms with E-state index in [9.17, 15) is 0 Å². The molecule has 0 bridgehead atoms. The topological polar surface area (TPSA) is 14.2 Å². The standard InChI is InChI=1S/C29H46N4/c1-30-18-12-16-28(30)26-14-10-22-32(24-26)20-8-6-4-3-5-7-9-21-33-23-11-15-27(25-33)29-17-13-19-31(29)2/h10-11,14-15,22-25,28-29H,3-9,12-13,16-21H2,1-2H3/q+2/t28-,29-/m0/s1. The first kappa shape index (κ1) is 24.3. The van der Waals surface area contributed by atoms with Gasteiger partial charge in [-0.15, -0.1) is 0 Å². The molecule has 4 rings (SSSR count). The van der Waals surface area contributed by atoms with Gasteiger partial charge in [-0.05, 0) is 77.8 Å². The van der Waals surface area contributed by atoms with Gasteiger partial charge >= 0.3 is 0 Å². The molecule has 4 heterocycles. The fourth-order valence-corrected chi connectivity index (χ4v) is 5.89. The molecule has 33 heavy (non-hydrogen) atoms. The Labute approximate surface area is 202 Å². The van der Waals surface area contributed by atoms with Gasteiger partial charge in [0.2, 0.25) is 0 Å². The summed E-state index contributed by atoms with van der Waals surface area (Å²) in [6.07, 6.45) is 24.0. The van der Waals surface area contributed by atoms with Crippen LogP contribution < -0.4 is 9.13 Å². The molecule has 0 aliphatic carbocycles. The Bertz CT molecular complexity index is 782. The molecule has 0 unspecified atom stereocenters. The zero-order chi connectivity index (χ0) is 22.9. The van der Waals surface area contributed by atoms with E-state index in [0.29, 0.717) is 12.1 Å². The van der Waals surface area contributed by atoms with E-state index in [1.54, 1.807) is 0 Å². The zero-order valence-corrected chi connectivity index (χ0v) is 21.2. The second kappa shape index (κ2) is 12.6. The van der Waals surface area contributed by atoms with E-state index in [1.165, 1.54) is 94.8 Å². The molecule has 2 saturated heterocycles. The molecule has 0 aromatic carbocycles. The van der Waals surface area contributed by atoms with E-state index in [0.717, 1.165) is 13.1 Å². The number of unbranched alkanes of at least 4 members (excludes halogenated alkanes) is 6. The number of pyridine rings is 2. The summed E-state index contributed by atoms with van der Waals surface area (Å²) in [6, 6.07) is 10.3. The van der Waals surface area contributed by atoms with Gasteiger partial charge in [0.15, 0.2) is 24.8 Å². The molecule has 0 spiro atoms. The third-order valence-corrected chi connectivity index (χ3v) is 7.91. The lowest BCUT2D eigenvalue weighted by atomic mass is 10.1. The molecule has 180 valence electrons. The van der Waals surface area contributed by atoms with Crippen molar-refractivity contribution in [2.45, 2.75) is 95.8 Å². The third-order valence-electron chi connectivity index (χ3n) is 7.91. The van der Waals surface area contributed by atoms with Gasteiger partial charge in [0.1, 0.15) is 13.1 Å². The van der Waals surface area contributed by atoms with Crippen molar-refractivity contribution in [3.63, 3.8) is 0 Å². The Morgan fingerprint density at radius 1 is 0.667 bits per heavy atom. The first-order chi connectivity index (χ1) is 16.2. The van der Waals surface area contributed by atoms with Crippen molar-refractivity contribution < 1.29 is 9.13 Å². The lowest BCUT2D eigenvalue weighted by Gasteiger charge is -2.18. The fourth-order valence-electron chi connectivity index (χ4n) is 5.89. The molecule has 0 N–H and O–H groups in total. The van der Waals surface area contributed by atoms with Gasteiger partial charge in [0.25, 0.3) is 0 Å². The predicted molar refractivity (Wildman–Crippen MR) is 135 cm³/mol. The maximum Gasteiger partial charge on any atom is 0.173 e. The molecule has 4 nitrogen and oxygen atoms in total. The number of aryl methyl sites for hydroxylation is 2. The van der Waals surface area contributed by atoms with Crippen molar-refractivity contribution in [3.05, 3.63) is 60.2 Å².